The molecule has 5 nitrogen and oxygen atoms in total. The van der Waals surface area contributed by atoms with Crippen LogP contribution in [0.1, 0.15) is 35.0 Å². The van der Waals surface area contributed by atoms with E-state index in [1.165, 1.54) is 11.3 Å². The molecular weight excluding hydrogens is 380 g/mol. The average molecular weight is 405 g/mol. The highest BCUT2D eigenvalue weighted by Crippen LogP contribution is 2.34. The van der Waals surface area contributed by atoms with Crippen molar-refractivity contribution in [2.75, 3.05) is 29.9 Å². The van der Waals surface area contributed by atoms with E-state index in [9.17, 15) is 4.79 Å². The van der Waals surface area contributed by atoms with Crippen LogP contribution in [-0.4, -0.2) is 31.8 Å². The van der Waals surface area contributed by atoms with E-state index in [0.29, 0.717) is 16.5 Å². The van der Waals surface area contributed by atoms with E-state index in [2.05, 4.69) is 15.2 Å². The monoisotopic (exact) mass is 404 g/mol. The minimum atomic E-state index is -0.166. The Balaban J connectivity index is 1.85. The molecule has 1 aliphatic heterocycles. The molecular formula is C20H25ClN4OS. The molecule has 3 rings (SSSR count). The van der Waals surface area contributed by atoms with Gasteiger partial charge >= 0.3 is 0 Å². The summed E-state index contributed by atoms with van der Waals surface area (Å²) in [6.45, 7) is 6.40. The molecule has 1 saturated heterocycles. The van der Waals surface area contributed by atoms with Crippen molar-refractivity contribution in [3.05, 3.63) is 39.0 Å². The minimum Gasteiger partial charge on any atom is -0.370 e. The topological polar surface area (TPSA) is 70.7 Å². The number of nitrogens with zero attached hydrogens (tertiary/aromatic N) is 2. The van der Waals surface area contributed by atoms with Crippen LogP contribution < -0.4 is 16.0 Å². The number of benzene rings is 1. The predicted molar refractivity (Wildman–Crippen MR) is 116 cm³/mol. The van der Waals surface area contributed by atoms with Gasteiger partial charge in [-0.1, -0.05) is 11.6 Å². The van der Waals surface area contributed by atoms with E-state index in [1.807, 2.05) is 37.4 Å². The maximum Gasteiger partial charge on any atom is 0.258 e. The molecule has 3 N–H and O–H groups in total. The molecule has 2 aromatic rings. The van der Waals surface area contributed by atoms with Gasteiger partial charge in [-0.2, -0.15) is 0 Å². The number of amides is 1. The molecule has 144 valence electrons. The van der Waals surface area contributed by atoms with Crippen LogP contribution in [0.25, 0.3) is 0 Å². The minimum absolute atomic E-state index is 0.166. The molecule has 2 heterocycles. The van der Waals surface area contributed by atoms with E-state index in [4.69, 9.17) is 17.3 Å². The van der Waals surface area contributed by atoms with Gasteiger partial charge in [0.2, 0.25) is 0 Å². The van der Waals surface area contributed by atoms with Gasteiger partial charge in [0, 0.05) is 34.6 Å². The number of nitrogens with one attached hydrogen (secondary N) is 1. The van der Waals surface area contributed by atoms with Crippen LogP contribution in [0.5, 0.6) is 0 Å². The van der Waals surface area contributed by atoms with E-state index in [0.717, 1.165) is 54.4 Å². The Morgan fingerprint density at radius 3 is 2.85 bits per heavy atom. The summed E-state index contributed by atoms with van der Waals surface area (Å²) in [6, 6.07) is 5.65. The first-order valence-electron chi connectivity index (χ1n) is 9.16. The lowest BCUT2D eigenvalue weighted by atomic mass is 9.96. The highest BCUT2D eigenvalue weighted by atomic mass is 35.5. The van der Waals surface area contributed by atoms with Crippen molar-refractivity contribution in [2.24, 2.45) is 16.6 Å². The summed E-state index contributed by atoms with van der Waals surface area (Å²) in [6.07, 6.45) is 3.83. The fourth-order valence-corrected chi connectivity index (χ4v) is 4.34. The number of nitrogens with two attached hydrogens (primary N) is 1. The average Bonchev–Trinajstić information content (AvgIpc) is 3.03. The lowest BCUT2D eigenvalue weighted by molar-refractivity contribution is 0.102. The van der Waals surface area contributed by atoms with Crippen molar-refractivity contribution in [3.63, 3.8) is 0 Å². The van der Waals surface area contributed by atoms with Gasteiger partial charge in [-0.05, 0) is 57.4 Å². The number of halogens is 1. The second-order valence-corrected chi connectivity index (χ2v) is 8.24. The van der Waals surface area contributed by atoms with Crippen molar-refractivity contribution in [1.82, 2.24) is 0 Å². The van der Waals surface area contributed by atoms with Gasteiger partial charge in [0.25, 0.3) is 5.91 Å². The second kappa shape index (κ2) is 8.87. The molecule has 7 heteroatoms. The maximum atomic E-state index is 12.9. The molecule has 1 fully saturated rings. The highest BCUT2D eigenvalue weighted by Gasteiger charge is 2.22. The summed E-state index contributed by atoms with van der Waals surface area (Å²) < 4.78 is 0. The number of aliphatic imine (C=N–C) groups is 1. The number of carbonyl (C=O) groups is 1. The van der Waals surface area contributed by atoms with Gasteiger partial charge in [-0.25, -0.2) is 0 Å². The lowest BCUT2D eigenvalue weighted by Crippen LogP contribution is -2.36. The van der Waals surface area contributed by atoms with Crippen LogP contribution in [0.15, 0.2) is 28.6 Å². The third kappa shape index (κ3) is 4.51. The standard InChI is InChI=1S/C20H25ClN4OS/c1-3-23-19-13(2)27-12-16(19)20(26)24-17-10-15(21)4-5-18(17)25-8-6-14(11-22)7-9-25/h3-5,10,12,14H,6-9,11,22H2,1-2H3,(H,24,26). The number of hydrogen-bond acceptors (Lipinski definition) is 5. The summed E-state index contributed by atoms with van der Waals surface area (Å²) in [7, 11) is 0. The first kappa shape index (κ1) is 19.9. The van der Waals surface area contributed by atoms with Crippen LogP contribution in [-0.2, 0) is 0 Å². The molecule has 0 atom stereocenters. The quantitative estimate of drug-likeness (QED) is 0.699. The summed E-state index contributed by atoms with van der Waals surface area (Å²) in [5.41, 5.74) is 8.85. The number of thiophene rings is 1. The van der Waals surface area contributed by atoms with Crippen LogP contribution in [0, 0.1) is 12.8 Å². The van der Waals surface area contributed by atoms with E-state index in [1.54, 1.807) is 6.21 Å². The Kier molecular flexibility index (Phi) is 6.52. The summed E-state index contributed by atoms with van der Waals surface area (Å²) in [5.74, 6) is 0.412. The van der Waals surface area contributed by atoms with Gasteiger partial charge in [0.1, 0.15) is 0 Å². The fourth-order valence-electron chi connectivity index (χ4n) is 3.38. The first-order valence-corrected chi connectivity index (χ1v) is 10.4. The number of hydrogen-bond donors (Lipinski definition) is 2. The highest BCUT2D eigenvalue weighted by molar-refractivity contribution is 7.10. The number of anilines is 2. The van der Waals surface area contributed by atoms with Crippen LogP contribution in [0.2, 0.25) is 5.02 Å². The van der Waals surface area contributed by atoms with Crippen molar-refractivity contribution in [2.45, 2.75) is 26.7 Å². The van der Waals surface area contributed by atoms with E-state index in [-0.39, 0.29) is 5.91 Å². The number of piperidine rings is 1. The maximum absolute atomic E-state index is 12.9. The Morgan fingerprint density at radius 2 is 2.19 bits per heavy atom. The molecule has 0 unspecified atom stereocenters. The molecule has 0 spiro atoms. The van der Waals surface area contributed by atoms with E-state index < -0.39 is 0 Å². The van der Waals surface area contributed by atoms with Gasteiger partial charge in [-0.3, -0.25) is 9.79 Å². The molecule has 0 saturated carbocycles. The molecule has 0 bridgehead atoms. The molecule has 1 aliphatic rings. The fraction of sp³-hybridized carbons (Fsp3) is 0.400. The van der Waals surface area contributed by atoms with Crippen LogP contribution in [0.3, 0.4) is 0 Å². The Hall–Kier alpha value is -1.89. The van der Waals surface area contributed by atoms with Gasteiger partial charge in [-0.15, -0.1) is 11.3 Å². The van der Waals surface area contributed by atoms with E-state index >= 15 is 0 Å². The third-order valence-corrected chi connectivity index (χ3v) is 6.08. The Morgan fingerprint density at radius 1 is 1.44 bits per heavy atom. The van der Waals surface area contributed by atoms with Crippen molar-refractivity contribution < 1.29 is 4.79 Å². The zero-order valence-electron chi connectivity index (χ0n) is 15.7. The Bertz CT molecular complexity index is 841. The molecule has 0 aliphatic carbocycles. The largest absolute Gasteiger partial charge is 0.370 e. The van der Waals surface area contributed by atoms with Gasteiger partial charge in [0.05, 0.1) is 22.6 Å². The molecule has 1 aromatic carbocycles. The van der Waals surface area contributed by atoms with Crippen molar-refractivity contribution >= 4 is 52.1 Å². The van der Waals surface area contributed by atoms with Crippen molar-refractivity contribution in [3.8, 4) is 0 Å². The van der Waals surface area contributed by atoms with Crippen LogP contribution >= 0.6 is 22.9 Å². The zero-order chi connectivity index (χ0) is 19.4. The molecule has 0 radical (unpaired) electrons. The van der Waals surface area contributed by atoms with Gasteiger partial charge < -0.3 is 16.0 Å². The SMILES string of the molecule is CC=Nc1c(C(=O)Nc2cc(Cl)ccc2N2CCC(CN)CC2)csc1C. The normalized spacial score (nSPS) is 15.5. The number of rotatable bonds is 5. The zero-order valence-corrected chi connectivity index (χ0v) is 17.2. The summed E-state index contributed by atoms with van der Waals surface area (Å²) in [4.78, 5) is 20.6. The smallest absolute Gasteiger partial charge is 0.258 e. The second-order valence-electron chi connectivity index (χ2n) is 6.72. The Labute approximate surface area is 169 Å². The molecule has 27 heavy (non-hydrogen) atoms. The summed E-state index contributed by atoms with van der Waals surface area (Å²) in [5, 5.41) is 5.49. The third-order valence-electron chi connectivity index (χ3n) is 4.94. The lowest BCUT2D eigenvalue weighted by Gasteiger charge is -2.34. The van der Waals surface area contributed by atoms with Crippen molar-refractivity contribution in [1.29, 1.82) is 0 Å². The molecule has 1 aromatic heterocycles. The number of aryl methyl sites for hydroxylation is 1. The predicted octanol–water partition coefficient (Wildman–Crippen LogP) is 4.86. The first-order chi connectivity index (χ1) is 13.0. The number of carbonyl (C=O) groups excluding carboxylic acids is 1. The van der Waals surface area contributed by atoms with Crippen LogP contribution in [0.4, 0.5) is 17.1 Å². The van der Waals surface area contributed by atoms with Gasteiger partial charge in [0.15, 0.2) is 0 Å². The molecule has 1 amide bonds. The summed E-state index contributed by atoms with van der Waals surface area (Å²) >= 11 is 7.73.